The van der Waals surface area contributed by atoms with Crippen molar-refractivity contribution in [3.8, 4) is 11.3 Å². The zero-order valence-corrected chi connectivity index (χ0v) is 16.6. The molecule has 0 aliphatic carbocycles. The minimum atomic E-state index is -4.69. The van der Waals surface area contributed by atoms with Gasteiger partial charge in [-0.3, -0.25) is 0 Å². The predicted octanol–water partition coefficient (Wildman–Crippen LogP) is 4.54. The highest BCUT2D eigenvalue weighted by molar-refractivity contribution is 9.10. The van der Waals surface area contributed by atoms with Crippen LogP contribution in [0.4, 0.5) is 19.0 Å². The molecule has 7 nitrogen and oxygen atoms in total. The van der Waals surface area contributed by atoms with E-state index in [-0.39, 0.29) is 11.3 Å². The Bertz CT molecular complexity index is 1160. The molecular formula is C19H13BrF3N5O2. The van der Waals surface area contributed by atoms with Crippen LogP contribution in [0.3, 0.4) is 0 Å². The quantitative estimate of drug-likeness (QED) is 0.437. The summed E-state index contributed by atoms with van der Waals surface area (Å²) in [7, 11) is 0. The maximum atomic E-state index is 13.2. The number of pyridine rings is 1. The van der Waals surface area contributed by atoms with Gasteiger partial charge >= 0.3 is 12.1 Å². The molecule has 0 unspecified atom stereocenters. The van der Waals surface area contributed by atoms with Crippen molar-refractivity contribution in [2.75, 3.05) is 5.73 Å². The number of hydrogen-bond donors (Lipinski definition) is 2. The van der Waals surface area contributed by atoms with Gasteiger partial charge in [0.25, 0.3) is 0 Å². The number of anilines is 1. The summed E-state index contributed by atoms with van der Waals surface area (Å²) in [4.78, 5) is 18.8. The SMILES string of the molecule is Nc1ccc(Br)cn1.O=C(O)c1cc2nc(-c3ccccc3)cc(C(F)(F)F)n2n1. The minimum Gasteiger partial charge on any atom is -0.476 e. The van der Waals surface area contributed by atoms with Crippen molar-refractivity contribution in [3.63, 3.8) is 0 Å². The van der Waals surface area contributed by atoms with Gasteiger partial charge < -0.3 is 10.8 Å². The summed E-state index contributed by atoms with van der Waals surface area (Å²) in [6.07, 6.45) is -3.03. The highest BCUT2D eigenvalue weighted by Gasteiger charge is 2.35. The first-order chi connectivity index (χ1) is 14.1. The number of carbonyl (C=O) groups is 1. The molecule has 0 saturated heterocycles. The number of alkyl halides is 3. The van der Waals surface area contributed by atoms with E-state index in [1.165, 1.54) is 0 Å². The molecule has 0 atom stereocenters. The molecule has 11 heteroatoms. The van der Waals surface area contributed by atoms with E-state index < -0.39 is 23.5 Å². The molecular weight excluding hydrogens is 467 g/mol. The molecule has 3 N–H and O–H groups in total. The van der Waals surface area contributed by atoms with Crippen molar-refractivity contribution in [2.45, 2.75) is 6.18 Å². The Labute approximate surface area is 176 Å². The van der Waals surface area contributed by atoms with Crippen LogP contribution in [0.5, 0.6) is 0 Å². The van der Waals surface area contributed by atoms with E-state index in [9.17, 15) is 18.0 Å². The van der Waals surface area contributed by atoms with Gasteiger partial charge in [0, 0.05) is 22.3 Å². The van der Waals surface area contributed by atoms with Crippen LogP contribution in [-0.4, -0.2) is 30.7 Å². The van der Waals surface area contributed by atoms with Crippen molar-refractivity contribution in [2.24, 2.45) is 0 Å². The third kappa shape index (κ3) is 4.92. The third-order valence-electron chi connectivity index (χ3n) is 3.76. The second kappa shape index (κ2) is 8.49. The van der Waals surface area contributed by atoms with Crippen LogP contribution in [0.25, 0.3) is 16.9 Å². The number of benzene rings is 1. The number of aromatic nitrogens is 4. The maximum absolute atomic E-state index is 13.2. The van der Waals surface area contributed by atoms with Gasteiger partial charge in [-0.15, -0.1) is 0 Å². The minimum absolute atomic E-state index is 0.0947. The van der Waals surface area contributed by atoms with Crippen molar-refractivity contribution in [1.29, 1.82) is 0 Å². The van der Waals surface area contributed by atoms with Crippen LogP contribution in [0.2, 0.25) is 0 Å². The number of nitrogen functional groups attached to an aromatic ring is 1. The van der Waals surface area contributed by atoms with Crippen molar-refractivity contribution in [1.82, 2.24) is 19.6 Å². The van der Waals surface area contributed by atoms with Crippen LogP contribution in [0.15, 0.2) is 65.3 Å². The normalized spacial score (nSPS) is 11.1. The molecule has 0 aliphatic rings. The molecule has 0 radical (unpaired) electrons. The van der Waals surface area contributed by atoms with E-state index >= 15 is 0 Å². The average Bonchev–Trinajstić information content (AvgIpc) is 3.14. The van der Waals surface area contributed by atoms with Crippen LogP contribution in [0, 0.1) is 0 Å². The first-order valence-corrected chi connectivity index (χ1v) is 9.08. The topological polar surface area (TPSA) is 106 Å². The molecule has 0 amide bonds. The molecule has 0 aliphatic heterocycles. The fourth-order valence-corrected chi connectivity index (χ4v) is 2.66. The highest BCUT2D eigenvalue weighted by atomic mass is 79.9. The van der Waals surface area contributed by atoms with Gasteiger partial charge in [-0.2, -0.15) is 18.3 Å². The van der Waals surface area contributed by atoms with Gasteiger partial charge in [0.1, 0.15) is 5.82 Å². The van der Waals surface area contributed by atoms with E-state index in [0.29, 0.717) is 15.9 Å². The van der Waals surface area contributed by atoms with E-state index in [1.54, 1.807) is 42.6 Å². The summed E-state index contributed by atoms with van der Waals surface area (Å²) in [6, 6.07) is 13.8. The van der Waals surface area contributed by atoms with Crippen molar-refractivity contribution < 1.29 is 23.1 Å². The number of aromatic carboxylic acids is 1. The monoisotopic (exact) mass is 479 g/mol. The number of halogens is 4. The fraction of sp³-hybridized carbons (Fsp3) is 0.0526. The number of nitrogens with two attached hydrogens (primary N) is 1. The molecule has 0 spiro atoms. The molecule has 3 aromatic heterocycles. The van der Waals surface area contributed by atoms with Crippen molar-refractivity contribution >= 4 is 33.4 Å². The number of fused-ring (bicyclic) bond motifs is 1. The average molecular weight is 480 g/mol. The number of carboxylic acid groups (broad SMARTS) is 1. The number of nitrogens with zero attached hydrogens (tertiary/aromatic N) is 4. The third-order valence-corrected chi connectivity index (χ3v) is 4.23. The second-order valence-electron chi connectivity index (χ2n) is 5.90. The molecule has 0 bridgehead atoms. The van der Waals surface area contributed by atoms with E-state index in [4.69, 9.17) is 10.8 Å². The Morgan fingerprint density at radius 3 is 2.33 bits per heavy atom. The lowest BCUT2D eigenvalue weighted by Crippen LogP contribution is -2.14. The first-order valence-electron chi connectivity index (χ1n) is 8.29. The molecule has 0 saturated carbocycles. The maximum Gasteiger partial charge on any atom is 0.433 e. The molecule has 4 aromatic rings. The standard InChI is InChI=1S/C14H8F3N3O2.C5H5BrN2/c15-14(16,17)11-6-9(8-4-2-1-3-5-8)18-12-7-10(13(21)22)19-20(11)12;6-4-1-2-5(7)8-3-4/h1-7H,(H,21,22);1-3H,(H2,7,8). The van der Waals surface area contributed by atoms with Crippen LogP contribution >= 0.6 is 15.9 Å². The Morgan fingerprint density at radius 1 is 1.10 bits per heavy atom. The van der Waals surface area contributed by atoms with Crippen LogP contribution < -0.4 is 5.73 Å². The van der Waals surface area contributed by atoms with Gasteiger partial charge in [0.2, 0.25) is 0 Å². The van der Waals surface area contributed by atoms with Gasteiger partial charge in [-0.05, 0) is 34.1 Å². The first kappa shape index (κ1) is 21.2. The van der Waals surface area contributed by atoms with Crippen LogP contribution in [0.1, 0.15) is 16.2 Å². The zero-order valence-electron chi connectivity index (χ0n) is 15.0. The Hall–Kier alpha value is -3.47. The summed E-state index contributed by atoms with van der Waals surface area (Å²) in [5.41, 5.74) is 4.13. The Balaban J connectivity index is 0.000000269. The number of hydrogen-bond acceptors (Lipinski definition) is 5. The summed E-state index contributed by atoms with van der Waals surface area (Å²) in [5, 5.41) is 12.3. The van der Waals surface area contributed by atoms with E-state index in [1.807, 2.05) is 6.07 Å². The zero-order chi connectivity index (χ0) is 21.9. The molecule has 154 valence electrons. The Kier molecular flexibility index (Phi) is 6.01. The largest absolute Gasteiger partial charge is 0.476 e. The second-order valence-corrected chi connectivity index (χ2v) is 6.81. The smallest absolute Gasteiger partial charge is 0.433 e. The summed E-state index contributed by atoms with van der Waals surface area (Å²) >= 11 is 3.23. The predicted molar refractivity (Wildman–Crippen MR) is 107 cm³/mol. The summed E-state index contributed by atoms with van der Waals surface area (Å²) in [5.74, 6) is -0.868. The molecule has 0 fully saturated rings. The van der Waals surface area contributed by atoms with Gasteiger partial charge in [-0.1, -0.05) is 30.3 Å². The van der Waals surface area contributed by atoms with Crippen LogP contribution in [-0.2, 0) is 6.18 Å². The highest BCUT2D eigenvalue weighted by Crippen LogP contribution is 2.32. The molecule has 4 rings (SSSR count). The number of carboxylic acids is 1. The van der Waals surface area contributed by atoms with Crippen molar-refractivity contribution in [3.05, 3.63) is 76.7 Å². The Morgan fingerprint density at radius 2 is 1.80 bits per heavy atom. The molecule has 30 heavy (non-hydrogen) atoms. The number of rotatable bonds is 2. The lowest BCUT2D eigenvalue weighted by atomic mass is 10.1. The van der Waals surface area contributed by atoms with Gasteiger partial charge in [-0.25, -0.2) is 19.3 Å². The van der Waals surface area contributed by atoms with Gasteiger partial charge in [0.05, 0.1) is 5.69 Å². The van der Waals surface area contributed by atoms with Gasteiger partial charge in [0.15, 0.2) is 17.0 Å². The molecule has 1 aromatic carbocycles. The molecule has 3 heterocycles. The lowest BCUT2D eigenvalue weighted by Gasteiger charge is -2.10. The van der Waals surface area contributed by atoms with E-state index in [2.05, 4.69) is 31.0 Å². The fourth-order valence-electron chi connectivity index (χ4n) is 2.42. The lowest BCUT2D eigenvalue weighted by molar-refractivity contribution is -0.142. The van der Waals surface area contributed by atoms with E-state index in [0.717, 1.165) is 16.6 Å². The summed E-state index contributed by atoms with van der Waals surface area (Å²) < 4.78 is 41.0. The summed E-state index contributed by atoms with van der Waals surface area (Å²) in [6.45, 7) is 0.